The number of carbonyl (C=O) groups excluding carboxylic acids is 2. The van der Waals surface area contributed by atoms with Gasteiger partial charge in [0, 0.05) is 5.97 Å². The minimum absolute atomic E-state index is 0. The van der Waals surface area contributed by atoms with Gasteiger partial charge in [0.1, 0.15) is 24.4 Å². The Morgan fingerprint density at radius 1 is 0.727 bits per heavy atom. The maximum absolute atomic E-state index is 10.2. The van der Waals surface area contributed by atoms with Crippen LogP contribution in [-0.2, 0) is 9.59 Å². The van der Waals surface area contributed by atoms with E-state index in [9.17, 15) is 14.7 Å². The molecular formula is C24H47NaO8. The van der Waals surface area contributed by atoms with Gasteiger partial charge in [0.2, 0.25) is 0 Å². The Balaban J connectivity index is -0.000000596. The van der Waals surface area contributed by atoms with Crippen molar-refractivity contribution in [2.45, 2.75) is 134 Å². The van der Waals surface area contributed by atoms with Crippen LogP contribution in [0.4, 0.5) is 0 Å². The summed E-state index contributed by atoms with van der Waals surface area (Å²) in [5.41, 5.74) is 0. The second kappa shape index (κ2) is 28.2. The summed E-state index contributed by atoms with van der Waals surface area (Å²) in [6, 6.07) is 0. The number of aliphatic carboxylic acids is 1. The van der Waals surface area contributed by atoms with Gasteiger partial charge in [-0.15, -0.1) is 0 Å². The molecule has 0 rings (SSSR count). The summed E-state index contributed by atoms with van der Waals surface area (Å²) in [6.07, 6.45) is 13.0. The van der Waals surface area contributed by atoms with Crippen LogP contribution >= 0.6 is 0 Å². The number of unbranched alkanes of at least 4 members (excludes halogenated alkanes) is 14. The van der Waals surface area contributed by atoms with E-state index in [2.05, 4.69) is 6.92 Å². The molecule has 33 heavy (non-hydrogen) atoms. The van der Waals surface area contributed by atoms with Crippen molar-refractivity contribution in [1.29, 1.82) is 0 Å². The number of aldehydes is 1. The first-order valence-corrected chi connectivity index (χ1v) is 12.3. The van der Waals surface area contributed by atoms with Crippen LogP contribution in [0, 0.1) is 0 Å². The molecular weight excluding hydrogens is 439 g/mol. The van der Waals surface area contributed by atoms with Crippen LogP contribution in [0.3, 0.4) is 0 Å². The van der Waals surface area contributed by atoms with Crippen LogP contribution in [0.1, 0.15) is 110 Å². The van der Waals surface area contributed by atoms with Gasteiger partial charge >= 0.3 is 29.6 Å². The van der Waals surface area contributed by atoms with E-state index in [1.165, 1.54) is 83.5 Å². The van der Waals surface area contributed by atoms with E-state index in [-0.39, 0.29) is 42.3 Å². The Bertz CT molecular complexity index is 425. The summed E-state index contributed by atoms with van der Waals surface area (Å²) >= 11 is 0. The van der Waals surface area contributed by atoms with Gasteiger partial charge < -0.3 is 40.2 Å². The molecule has 0 aliphatic heterocycles. The summed E-state index contributed by atoms with van der Waals surface area (Å²) in [6.45, 7) is 1.51. The van der Waals surface area contributed by atoms with Gasteiger partial charge in [-0.25, -0.2) is 0 Å². The monoisotopic (exact) mass is 486 g/mol. The van der Waals surface area contributed by atoms with Crippen molar-refractivity contribution in [2.24, 2.45) is 0 Å². The predicted molar refractivity (Wildman–Crippen MR) is 122 cm³/mol. The van der Waals surface area contributed by atoms with Crippen molar-refractivity contribution < 1.29 is 69.8 Å². The van der Waals surface area contributed by atoms with E-state index in [0.29, 0.717) is 0 Å². The summed E-state index contributed by atoms with van der Waals surface area (Å²) in [4.78, 5) is 20.1. The Hall–Kier alpha value is -0.0600. The van der Waals surface area contributed by atoms with Crippen molar-refractivity contribution in [3.05, 3.63) is 0 Å². The maximum Gasteiger partial charge on any atom is 1.00 e. The van der Waals surface area contributed by atoms with Crippen molar-refractivity contribution in [1.82, 2.24) is 0 Å². The fraction of sp³-hybridized carbons (Fsp3) is 0.917. The molecule has 9 heteroatoms. The molecule has 0 bridgehead atoms. The fourth-order valence-corrected chi connectivity index (χ4v) is 3.26. The van der Waals surface area contributed by atoms with Crippen molar-refractivity contribution in [3.63, 3.8) is 0 Å². The molecule has 0 saturated heterocycles. The molecule has 0 aromatic rings. The van der Waals surface area contributed by atoms with Crippen LogP contribution < -0.4 is 34.7 Å². The number of carboxylic acids is 1. The molecule has 0 heterocycles. The first-order chi connectivity index (χ1) is 15.3. The van der Waals surface area contributed by atoms with E-state index in [1.54, 1.807) is 0 Å². The zero-order valence-corrected chi connectivity index (χ0v) is 22.9. The van der Waals surface area contributed by atoms with Crippen LogP contribution in [0.5, 0.6) is 0 Å². The van der Waals surface area contributed by atoms with Crippen molar-refractivity contribution in [2.75, 3.05) is 6.61 Å². The second-order valence-electron chi connectivity index (χ2n) is 8.43. The van der Waals surface area contributed by atoms with Gasteiger partial charge in [-0.2, -0.15) is 0 Å². The molecule has 0 fully saturated rings. The molecule has 4 atom stereocenters. The van der Waals surface area contributed by atoms with Crippen LogP contribution in [0.25, 0.3) is 0 Å². The van der Waals surface area contributed by atoms with Gasteiger partial charge in [0.15, 0.2) is 6.29 Å². The number of carbonyl (C=O) groups is 2. The van der Waals surface area contributed by atoms with Gasteiger partial charge in [0.05, 0.1) is 6.61 Å². The van der Waals surface area contributed by atoms with Gasteiger partial charge in [-0.05, 0) is 12.8 Å². The molecule has 0 radical (unpaired) electrons. The van der Waals surface area contributed by atoms with E-state index in [1.807, 2.05) is 0 Å². The SMILES string of the molecule is CCCCCCCCCCCCCCCCCC(=O)[O-].O=C[C@H](O)[C@@H](O)[C@H](O)[C@H](O)CO.[Na+]. The first-order valence-electron chi connectivity index (χ1n) is 12.3. The largest absolute Gasteiger partial charge is 1.00 e. The third-order valence-corrected chi connectivity index (χ3v) is 5.40. The average molecular weight is 487 g/mol. The van der Waals surface area contributed by atoms with Crippen LogP contribution in [0.2, 0.25) is 0 Å². The van der Waals surface area contributed by atoms with Crippen molar-refractivity contribution in [3.8, 4) is 0 Å². The van der Waals surface area contributed by atoms with Gasteiger partial charge in [0.25, 0.3) is 0 Å². The minimum atomic E-state index is -1.79. The first kappa shape index (κ1) is 37.5. The van der Waals surface area contributed by atoms with Gasteiger partial charge in [-0.3, -0.25) is 0 Å². The van der Waals surface area contributed by atoms with Crippen molar-refractivity contribution >= 4 is 12.3 Å². The Morgan fingerprint density at radius 3 is 1.39 bits per heavy atom. The number of hydrogen-bond donors (Lipinski definition) is 5. The Kier molecular flexibility index (Phi) is 32.0. The Labute approximate surface area is 222 Å². The maximum atomic E-state index is 10.2. The molecule has 8 nitrogen and oxygen atoms in total. The smallest absolute Gasteiger partial charge is 0.550 e. The Morgan fingerprint density at radius 2 is 1.09 bits per heavy atom. The van der Waals surface area contributed by atoms with Crippen LogP contribution in [0.15, 0.2) is 0 Å². The summed E-state index contributed by atoms with van der Waals surface area (Å²) < 4.78 is 0. The molecule has 192 valence electrons. The van der Waals surface area contributed by atoms with E-state index < -0.39 is 37.0 Å². The van der Waals surface area contributed by atoms with Gasteiger partial charge in [-0.1, -0.05) is 96.8 Å². The molecule has 0 aliphatic carbocycles. The summed E-state index contributed by atoms with van der Waals surface area (Å²) in [5, 5.41) is 53.8. The summed E-state index contributed by atoms with van der Waals surface area (Å²) in [7, 11) is 0. The number of carboxylic acid groups (broad SMARTS) is 1. The molecule has 0 unspecified atom stereocenters. The zero-order chi connectivity index (χ0) is 24.6. The molecule has 5 N–H and O–H groups in total. The standard InChI is InChI=1S/C18H36O2.C6H12O6.Na/c1-2-3-4-5-6-7-8-9-10-11-12-13-14-15-16-17-18(19)20;7-1-3(9)5(11)6(12)4(10)2-8;/h2-17H2,1H3,(H,19,20);1,3-6,8-12H,2H2;/q;;+1/p-1/t;3-,4+,5+,6+;/m.0./s1. The fourth-order valence-electron chi connectivity index (χ4n) is 3.26. The predicted octanol–water partition coefficient (Wildman–Crippen LogP) is -1.38. The third-order valence-electron chi connectivity index (χ3n) is 5.40. The average Bonchev–Trinajstić information content (AvgIpc) is 2.79. The zero-order valence-electron chi connectivity index (χ0n) is 20.9. The number of aliphatic hydroxyl groups excluding tert-OH is 5. The normalized spacial score (nSPS) is 14.2. The second-order valence-corrected chi connectivity index (χ2v) is 8.43. The molecule has 0 aromatic carbocycles. The molecule has 0 aromatic heterocycles. The van der Waals surface area contributed by atoms with Crippen LogP contribution in [-0.4, -0.2) is 68.8 Å². The minimum Gasteiger partial charge on any atom is -0.550 e. The number of hydrogen-bond acceptors (Lipinski definition) is 8. The van der Waals surface area contributed by atoms with E-state index in [4.69, 9.17) is 25.5 Å². The molecule has 0 aliphatic rings. The number of rotatable bonds is 21. The molecule has 0 amide bonds. The summed E-state index contributed by atoms with van der Waals surface area (Å²) in [5.74, 6) is -0.903. The topological polar surface area (TPSA) is 158 Å². The molecule has 0 spiro atoms. The quantitative estimate of drug-likeness (QED) is 0.0755. The third kappa shape index (κ3) is 26.4. The number of aliphatic hydroxyl groups is 5. The van der Waals surface area contributed by atoms with E-state index >= 15 is 0 Å². The molecule has 0 saturated carbocycles. The van der Waals surface area contributed by atoms with E-state index in [0.717, 1.165) is 12.8 Å².